The molecule has 0 radical (unpaired) electrons. The molecule has 1 N–H and O–H groups in total. The number of nitro benzene ring substituents is 1. The number of nitrogens with one attached hydrogen (secondary N) is 1. The van der Waals surface area contributed by atoms with E-state index in [9.17, 15) is 10.1 Å². The molecule has 1 saturated heterocycles. The Bertz CT molecular complexity index is 434. The van der Waals surface area contributed by atoms with Gasteiger partial charge in [0.2, 0.25) is 0 Å². The molecule has 92 valence electrons. The van der Waals surface area contributed by atoms with Crippen LogP contribution in [0.3, 0.4) is 0 Å². The lowest BCUT2D eigenvalue weighted by Crippen LogP contribution is -2.49. The first-order chi connectivity index (χ1) is 8.08. The summed E-state index contributed by atoms with van der Waals surface area (Å²) >= 11 is 0. The van der Waals surface area contributed by atoms with Crippen LogP contribution >= 0.6 is 0 Å². The van der Waals surface area contributed by atoms with Crippen LogP contribution < -0.4 is 10.2 Å². The number of anilines is 1. The molecule has 0 bridgehead atoms. The van der Waals surface area contributed by atoms with Gasteiger partial charge in [-0.3, -0.25) is 10.1 Å². The lowest BCUT2D eigenvalue weighted by Gasteiger charge is -2.33. The smallest absolute Gasteiger partial charge is 0.274 e. The van der Waals surface area contributed by atoms with Crippen LogP contribution in [0.2, 0.25) is 0 Å². The Kier molecular flexibility index (Phi) is 3.28. The standard InChI is InChI=1S/C12H17N3O2/c1-9-3-4-11(7-12(9)15(16)17)14-6-5-13-10(2)8-14/h3-4,7,10,13H,5-6,8H2,1-2H3/t10-/m1/s1. The molecule has 0 aromatic heterocycles. The Morgan fingerprint density at radius 2 is 2.29 bits per heavy atom. The van der Waals surface area contributed by atoms with Crippen molar-refractivity contribution in [2.45, 2.75) is 19.9 Å². The van der Waals surface area contributed by atoms with Gasteiger partial charge in [-0.25, -0.2) is 0 Å². The maximum Gasteiger partial charge on any atom is 0.274 e. The minimum absolute atomic E-state index is 0.202. The number of hydrogen-bond donors (Lipinski definition) is 1. The van der Waals surface area contributed by atoms with E-state index in [1.54, 1.807) is 13.0 Å². The summed E-state index contributed by atoms with van der Waals surface area (Å²) in [5.74, 6) is 0. The molecule has 1 heterocycles. The number of benzene rings is 1. The van der Waals surface area contributed by atoms with E-state index in [0.29, 0.717) is 11.6 Å². The lowest BCUT2D eigenvalue weighted by atomic mass is 10.1. The topological polar surface area (TPSA) is 58.4 Å². The van der Waals surface area contributed by atoms with Gasteiger partial charge in [0, 0.05) is 43.0 Å². The minimum atomic E-state index is -0.315. The Morgan fingerprint density at radius 3 is 2.94 bits per heavy atom. The molecule has 1 atom stereocenters. The highest BCUT2D eigenvalue weighted by Gasteiger charge is 2.19. The molecule has 5 heteroatoms. The summed E-state index contributed by atoms with van der Waals surface area (Å²) in [5, 5.41) is 14.3. The van der Waals surface area contributed by atoms with Gasteiger partial charge in [0.05, 0.1) is 4.92 Å². The first-order valence-corrected chi connectivity index (χ1v) is 5.81. The monoisotopic (exact) mass is 235 g/mol. The summed E-state index contributed by atoms with van der Waals surface area (Å²) in [7, 11) is 0. The van der Waals surface area contributed by atoms with Crippen molar-refractivity contribution in [3.05, 3.63) is 33.9 Å². The molecule has 5 nitrogen and oxygen atoms in total. The number of aryl methyl sites for hydroxylation is 1. The van der Waals surface area contributed by atoms with Crippen LogP contribution in [0.15, 0.2) is 18.2 Å². The number of nitrogens with zero attached hydrogens (tertiary/aromatic N) is 2. The van der Waals surface area contributed by atoms with E-state index in [1.165, 1.54) is 0 Å². The molecular formula is C12H17N3O2. The van der Waals surface area contributed by atoms with Gasteiger partial charge in [-0.05, 0) is 19.9 Å². The van der Waals surface area contributed by atoms with Crippen molar-refractivity contribution in [2.24, 2.45) is 0 Å². The molecule has 1 fully saturated rings. The van der Waals surface area contributed by atoms with E-state index < -0.39 is 0 Å². The SMILES string of the molecule is Cc1ccc(N2CCN[C@H](C)C2)cc1[N+](=O)[O-]. The minimum Gasteiger partial charge on any atom is -0.369 e. The molecule has 1 aromatic carbocycles. The van der Waals surface area contributed by atoms with Gasteiger partial charge in [0.1, 0.15) is 0 Å². The second-order valence-corrected chi connectivity index (χ2v) is 4.53. The number of nitro groups is 1. The average Bonchev–Trinajstić information content (AvgIpc) is 2.29. The van der Waals surface area contributed by atoms with Crippen LogP contribution in [-0.2, 0) is 0 Å². The quantitative estimate of drug-likeness (QED) is 0.626. The number of piperazine rings is 1. The van der Waals surface area contributed by atoms with Crippen molar-refractivity contribution >= 4 is 11.4 Å². The van der Waals surface area contributed by atoms with Crippen LogP contribution in [0.25, 0.3) is 0 Å². The Labute approximate surface area is 101 Å². The van der Waals surface area contributed by atoms with Crippen molar-refractivity contribution in [3.8, 4) is 0 Å². The van der Waals surface area contributed by atoms with Crippen molar-refractivity contribution in [1.82, 2.24) is 5.32 Å². The Hall–Kier alpha value is -1.62. The molecule has 1 aliphatic rings. The summed E-state index contributed by atoms with van der Waals surface area (Å²) in [6.07, 6.45) is 0. The molecular weight excluding hydrogens is 218 g/mol. The summed E-state index contributed by atoms with van der Waals surface area (Å²) in [5.41, 5.74) is 1.85. The lowest BCUT2D eigenvalue weighted by molar-refractivity contribution is -0.385. The molecule has 0 amide bonds. The second-order valence-electron chi connectivity index (χ2n) is 4.53. The van der Waals surface area contributed by atoms with E-state index in [4.69, 9.17) is 0 Å². The molecule has 17 heavy (non-hydrogen) atoms. The first kappa shape index (κ1) is 11.9. The van der Waals surface area contributed by atoms with Gasteiger partial charge in [-0.15, -0.1) is 0 Å². The third kappa shape index (κ3) is 2.55. The predicted molar refractivity (Wildman–Crippen MR) is 67.5 cm³/mol. The molecule has 2 rings (SSSR count). The van der Waals surface area contributed by atoms with Crippen molar-refractivity contribution in [3.63, 3.8) is 0 Å². The van der Waals surface area contributed by atoms with Gasteiger partial charge in [-0.2, -0.15) is 0 Å². The van der Waals surface area contributed by atoms with E-state index in [1.807, 2.05) is 12.1 Å². The van der Waals surface area contributed by atoms with Gasteiger partial charge >= 0.3 is 0 Å². The summed E-state index contributed by atoms with van der Waals surface area (Å²) in [4.78, 5) is 12.8. The normalized spacial score (nSPS) is 20.4. The van der Waals surface area contributed by atoms with E-state index in [-0.39, 0.29) is 10.6 Å². The van der Waals surface area contributed by atoms with E-state index in [2.05, 4.69) is 17.1 Å². The molecule has 0 aliphatic carbocycles. The van der Waals surface area contributed by atoms with E-state index >= 15 is 0 Å². The molecule has 1 aromatic rings. The van der Waals surface area contributed by atoms with Gasteiger partial charge < -0.3 is 10.2 Å². The van der Waals surface area contributed by atoms with Crippen LogP contribution in [0.4, 0.5) is 11.4 Å². The third-order valence-electron chi connectivity index (χ3n) is 3.12. The number of hydrogen-bond acceptors (Lipinski definition) is 4. The van der Waals surface area contributed by atoms with Crippen molar-refractivity contribution < 1.29 is 4.92 Å². The van der Waals surface area contributed by atoms with Crippen LogP contribution in [-0.4, -0.2) is 30.6 Å². The fourth-order valence-corrected chi connectivity index (χ4v) is 2.16. The number of rotatable bonds is 2. The first-order valence-electron chi connectivity index (χ1n) is 5.81. The predicted octanol–water partition coefficient (Wildman–Crippen LogP) is 1.70. The highest BCUT2D eigenvalue weighted by molar-refractivity contribution is 5.56. The molecule has 0 saturated carbocycles. The van der Waals surface area contributed by atoms with Crippen LogP contribution in [0.5, 0.6) is 0 Å². The zero-order valence-corrected chi connectivity index (χ0v) is 10.1. The average molecular weight is 235 g/mol. The highest BCUT2D eigenvalue weighted by atomic mass is 16.6. The molecule has 0 spiro atoms. The Balaban J connectivity index is 2.26. The Morgan fingerprint density at radius 1 is 1.53 bits per heavy atom. The third-order valence-corrected chi connectivity index (χ3v) is 3.12. The highest BCUT2D eigenvalue weighted by Crippen LogP contribution is 2.25. The fourth-order valence-electron chi connectivity index (χ4n) is 2.16. The van der Waals surface area contributed by atoms with Gasteiger partial charge in [0.25, 0.3) is 5.69 Å². The maximum atomic E-state index is 10.9. The van der Waals surface area contributed by atoms with Crippen LogP contribution in [0.1, 0.15) is 12.5 Å². The molecule has 0 unspecified atom stereocenters. The van der Waals surface area contributed by atoms with Gasteiger partial charge in [-0.1, -0.05) is 6.07 Å². The molecule has 1 aliphatic heterocycles. The van der Waals surface area contributed by atoms with Crippen LogP contribution in [0, 0.1) is 17.0 Å². The zero-order chi connectivity index (χ0) is 12.4. The van der Waals surface area contributed by atoms with Gasteiger partial charge in [0.15, 0.2) is 0 Å². The fraction of sp³-hybridized carbons (Fsp3) is 0.500. The zero-order valence-electron chi connectivity index (χ0n) is 10.1. The second kappa shape index (κ2) is 4.71. The maximum absolute atomic E-state index is 10.9. The largest absolute Gasteiger partial charge is 0.369 e. The van der Waals surface area contributed by atoms with Crippen molar-refractivity contribution in [1.29, 1.82) is 0 Å². The summed E-state index contributed by atoms with van der Waals surface area (Å²) in [6.45, 7) is 6.59. The summed E-state index contributed by atoms with van der Waals surface area (Å²) in [6, 6.07) is 5.87. The van der Waals surface area contributed by atoms with E-state index in [0.717, 1.165) is 25.3 Å². The summed E-state index contributed by atoms with van der Waals surface area (Å²) < 4.78 is 0. The van der Waals surface area contributed by atoms with Crippen molar-refractivity contribution in [2.75, 3.05) is 24.5 Å².